The van der Waals surface area contributed by atoms with Crippen molar-refractivity contribution in [2.45, 2.75) is 12.7 Å². The predicted molar refractivity (Wildman–Crippen MR) is 68.8 cm³/mol. The Balaban J connectivity index is 2.46. The third kappa shape index (κ3) is 3.68. The first kappa shape index (κ1) is 11.5. The van der Waals surface area contributed by atoms with Crippen LogP contribution in [0.25, 0.3) is 0 Å². The van der Waals surface area contributed by atoms with E-state index in [-0.39, 0.29) is 0 Å². The van der Waals surface area contributed by atoms with Gasteiger partial charge in [-0.3, -0.25) is 0 Å². The second kappa shape index (κ2) is 5.37. The van der Waals surface area contributed by atoms with Crippen LogP contribution in [0.4, 0.5) is 0 Å². The van der Waals surface area contributed by atoms with E-state index in [4.69, 9.17) is 12.2 Å². The van der Waals surface area contributed by atoms with Crippen molar-refractivity contribution in [1.29, 1.82) is 0 Å². The Morgan fingerprint density at radius 2 is 1.86 bits per heavy atom. The van der Waals surface area contributed by atoms with E-state index < -0.39 is 0 Å². The number of aryl methyl sites for hydroxylation is 1. The number of thiocarbonyl (C=S) groups is 1. The van der Waals surface area contributed by atoms with E-state index in [0.29, 0.717) is 0 Å². The smallest absolute Gasteiger partial charge is 0.136 e. The first-order valence-electron chi connectivity index (χ1n) is 4.49. The third-order valence-electron chi connectivity index (χ3n) is 1.85. The van der Waals surface area contributed by atoms with Gasteiger partial charge in [-0.15, -0.1) is 0 Å². The zero-order valence-electron chi connectivity index (χ0n) is 8.78. The summed E-state index contributed by atoms with van der Waals surface area (Å²) < 4.78 is 0.936. The summed E-state index contributed by atoms with van der Waals surface area (Å²) in [5.41, 5.74) is 2.62. The van der Waals surface area contributed by atoms with Crippen LogP contribution in [0.3, 0.4) is 0 Å². The zero-order chi connectivity index (χ0) is 10.6. The maximum atomic E-state index is 5.19. The van der Waals surface area contributed by atoms with Gasteiger partial charge in [0.05, 0.1) is 0 Å². The van der Waals surface area contributed by atoms with Gasteiger partial charge in [-0.2, -0.15) is 0 Å². The van der Waals surface area contributed by atoms with Crippen molar-refractivity contribution < 1.29 is 0 Å². The average molecular weight is 225 g/mol. The second-order valence-corrected chi connectivity index (χ2v) is 5.04. The SMILES string of the molecule is Cc1ccc(CSC(=S)N(C)C)cc1. The monoisotopic (exact) mass is 225 g/mol. The summed E-state index contributed by atoms with van der Waals surface area (Å²) >= 11 is 6.89. The van der Waals surface area contributed by atoms with Crippen LogP contribution in [0, 0.1) is 6.92 Å². The van der Waals surface area contributed by atoms with Gasteiger partial charge >= 0.3 is 0 Å². The lowest BCUT2D eigenvalue weighted by molar-refractivity contribution is 0.648. The van der Waals surface area contributed by atoms with Gasteiger partial charge in [0.25, 0.3) is 0 Å². The molecule has 0 radical (unpaired) electrons. The van der Waals surface area contributed by atoms with Gasteiger partial charge in [0.1, 0.15) is 4.32 Å². The standard InChI is InChI=1S/C11H15NS2/c1-9-4-6-10(7-5-9)8-14-11(13)12(2)3/h4-7H,8H2,1-3H3. The van der Waals surface area contributed by atoms with Crippen LogP contribution in [0.5, 0.6) is 0 Å². The molecule has 76 valence electrons. The Morgan fingerprint density at radius 1 is 1.29 bits per heavy atom. The molecule has 0 aliphatic rings. The fourth-order valence-corrected chi connectivity index (χ4v) is 1.88. The van der Waals surface area contributed by atoms with Crippen LogP contribution < -0.4 is 0 Å². The molecule has 1 nitrogen and oxygen atoms in total. The van der Waals surface area contributed by atoms with Gasteiger partial charge in [-0.05, 0) is 12.5 Å². The lowest BCUT2D eigenvalue weighted by Gasteiger charge is -2.12. The van der Waals surface area contributed by atoms with E-state index in [9.17, 15) is 0 Å². The minimum atomic E-state index is 0.936. The lowest BCUT2D eigenvalue weighted by Crippen LogP contribution is -2.16. The van der Waals surface area contributed by atoms with Crippen molar-refractivity contribution >= 4 is 28.3 Å². The zero-order valence-corrected chi connectivity index (χ0v) is 10.4. The molecular formula is C11H15NS2. The summed E-state index contributed by atoms with van der Waals surface area (Å²) in [6.07, 6.45) is 0. The Hall–Kier alpha value is -0.540. The molecule has 3 heteroatoms. The largest absolute Gasteiger partial charge is 0.364 e. The van der Waals surface area contributed by atoms with E-state index in [1.807, 2.05) is 19.0 Å². The molecule has 0 spiro atoms. The maximum absolute atomic E-state index is 5.19. The van der Waals surface area contributed by atoms with Gasteiger partial charge < -0.3 is 4.90 Å². The van der Waals surface area contributed by atoms with Gasteiger partial charge in [0, 0.05) is 19.8 Å². The maximum Gasteiger partial charge on any atom is 0.136 e. The molecule has 0 bridgehead atoms. The van der Waals surface area contributed by atoms with Gasteiger partial charge in [-0.25, -0.2) is 0 Å². The molecule has 0 saturated heterocycles. The highest BCUT2D eigenvalue weighted by atomic mass is 32.2. The van der Waals surface area contributed by atoms with Crippen LogP contribution in [0.1, 0.15) is 11.1 Å². The Bertz CT molecular complexity index is 304. The predicted octanol–water partition coefficient (Wildman–Crippen LogP) is 3.07. The Labute approximate surface area is 95.5 Å². The molecule has 0 saturated carbocycles. The summed E-state index contributed by atoms with van der Waals surface area (Å²) in [4.78, 5) is 1.97. The first-order valence-corrected chi connectivity index (χ1v) is 5.88. The summed E-state index contributed by atoms with van der Waals surface area (Å²) in [5, 5.41) is 0. The fraction of sp³-hybridized carbons (Fsp3) is 0.364. The van der Waals surface area contributed by atoms with Gasteiger partial charge in [0.15, 0.2) is 0 Å². The Kier molecular flexibility index (Phi) is 4.42. The number of benzene rings is 1. The van der Waals surface area contributed by atoms with Crippen molar-refractivity contribution in [1.82, 2.24) is 4.90 Å². The molecule has 0 atom stereocenters. The van der Waals surface area contributed by atoms with Crippen LogP contribution >= 0.6 is 24.0 Å². The molecule has 0 heterocycles. The highest BCUT2D eigenvalue weighted by Gasteiger charge is 2.00. The lowest BCUT2D eigenvalue weighted by atomic mass is 10.2. The van der Waals surface area contributed by atoms with E-state index in [1.165, 1.54) is 11.1 Å². The molecular weight excluding hydrogens is 210 g/mol. The van der Waals surface area contributed by atoms with Gasteiger partial charge in [-0.1, -0.05) is 53.8 Å². The summed E-state index contributed by atoms with van der Waals surface area (Å²) in [7, 11) is 3.95. The first-order chi connectivity index (χ1) is 6.59. The van der Waals surface area contributed by atoms with Crippen molar-refractivity contribution in [2.24, 2.45) is 0 Å². The summed E-state index contributed by atoms with van der Waals surface area (Å²) in [5.74, 6) is 0.956. The average Bonchev–Trinajstić information content (AvgIpc) is 2.16. The third-order valence-corrected chi connectivity index (χ3v) is 3.66. The molecule has 14 heavy (non-hydrogen) atoms. The molecule has 0 aromatic heterocycles. The number of rotatable bonds is 2. The minimum absolute atomic E-state index is 0.936. The molecule has 1 aromatic rings. The topological polar surface area (TPSA) is 3.24 Å². The van der Waals surface area contributed by atoms with E-state index in [1.54, 1.807) is 11.8 Å². The van der Waals surface area contributed by atoms with Crippen molar-refractivity contribution in [2.75, 3.05) is 14.1 Å². The minimum Gasteiger partial charge on any atom is -0.364 e. The van der Waals surface area contributed by atoms with Crippen molar-refractivity contribution in [3.05, 3.63) is 35.4 Å². The van der Waals surface area contributed by atoms with Crippen molar-refractivity contribution in [3.63, 3.8) is 0 Å². The quantitative estimate of drug-likeness (QED) is 0.712. The summed E-state index contributed by atoms with van der Waals surface area (Å²) in [6.45, 7) is 2.10. The molecule has 0 unspecified atom stereocenters. The molecule has 0 aliphatic heterocycles. The van der Waals surface area contributed by atoms with Crippen LogP contribution in [-0.2, 0) is 5.75 Å². The second-order valence-electron chi connectivity index (χ2n) is 3.43. The number of hydrogen-bond donors (Lipinski definition) is 0. The Morgan fingerprint density at radius 3 is 2.36 bits per heavy atom. The van der Waals surface area contributed by atoms with Gasteiger partial charge in [0.2, 0.25) is 0 Å². The highest BCUT2D eigenvalue weighted by molar-refractivity contribution is 8.22. The van der Waals surface area contributed by atoms with E-state index in [2.05, 4.69) is 31.2 Å². The normalized spacial score (nSPS) is 9.93. The molecule has 1 aromatic carbocycles. The highest BCUT2D eigenvalue weighted by Crippen LogP contribution is 2.15. The molecule has 0 fully saturated rings. The fourth-order valence-electron chi connectivity index (χ4n) is 0.958. The molecule has 0 N–H and O–H groups in total. The van der Waals surface area contributed by atoms with Crippen LogP contribution in [0.15, 0.2) is 24.3 Å². The molecule has 0 aliphatic carbocycles. The number of nitrogens with zero attached hydrogens (tertiary/aromatic N) is 1. The van der Waals surface area contributed by atoms with Crippen molar-refractivity contribution in [3.8, 4) is 0 Å². The molecule has 1 rings (SSSR count). The summed E-state index contributed by atoms with van der Waals surface area (Å²) in [6, 6.07) is 8.57. The van der Waals surface area contributed by atoms with E-state index >= 15 is 0 Å². The number of thioether (sulfide) groups is 1. The van der Waals surface area contributed by atoms with E-state index in [0.717, 1.165) is 10.1 Å². The number of hydrogen-bond acceptors (Lipinski definition) is 2. The van der Waals surface area contributed by atoms with Crippen LogP contribution in [0.2, 0.25) is 0 Å². The van der Waals surface area contributed by atoms with Crippen LogP contribution in [-0.4, -0.2) is 23.3 Å². The molecule has 0 amide bonds.